The molecule has 0 aliphatic rings. The number of halogens is 3. The molecule has 0 amide bonds. The summed E-state index contributed by atoms with van der Waals surface area (Å²) >= 11 is 3.04. The Morgan fingerprint density at radius 1 is 1.47 bits per heavy atom. The largest absolute Gasteiger partial charge is 0.508 e. The first kappa shape index (κ1) is 11.9. The predicted molar refractivity (Wildman–Crippen MR) is 52.1 cm³/mol. The second kappa shape index (κ2) is 4.14. The number of hydrogen-bond acceptors (Lipinski definition) is 2. The maximum Gasteiger partial charge on any atom is 0.374 e. The Bertz CT molecular complexity index is 393. The van der Waals surface area contributed by atoms with Crippen molar-refractivity contribution >= 4 is 21.9 Å². The Morgan fingerprint density at radius 2 is 2.07 bits per heavy atom. The number of benzene rings is 1. The van der Waals surface area contributed by atoms with Crippen LogP contribution in [0.2, 0.25) is 0 Å². The standard InChI is InChI=1S/C9H7BrF2O3/c10-6-1-2-7(13)5(3-6)4-9(11,12)8(14)15/h1-3,13H,4H2,(H,14,15). The summed E-state index contributed by atoms with van der Waals surface area (Å²) in [6, 6.07) is 3.95. The first-order valence-electron chi connectivity index (χ1n) is 3.91. The number of alkyl halides is 2. The van der Waals surface area contributed by atoms with Crippen LogP contribution in [0.15, 0.2) is 22.7 Å². The van der Waals surface area contributed by atoms with Gasteiger partial charge in [0.2, 0.25) is 0 Å². The van der Waals surface area contributed by atoms with Crippen LogP contribution in [0.3, 0.4) is 0 Å². The number of aromatic hydroxyl groups is 1. The van der Waals surface area contributed by atoms with Crippen LogP contribution < -0.4 is 0 Å². The molecule has 0 unspecified atom stereocenters. The van der Waals surface area contributed by atoms with Crippen molar-refractivity contribution in [1.29, 1.82) is 0 Å². The van der Waals surface area contributed by atoms with E-state index < -0.39 is 18.3 Å². The first-order valence-corrected chi connectivity index (χ1v) is 4.71. The zero-order valence-electron chi connectivity index (χ0n) is 7.38. The van der Waals surface area contributed by atoms with Crippen LogP contribution in [0.5, 0.6) is 5.75 Å². The smallest absolute Gasteiger partial charge is 0.374 e. The summed E-state index contributed by atoms with van der Waals surface area (Å²) in [5.74, 6) is -6.43. The minimum Gasteiger partial charge on any atom is -0.508 e. The highest BCUT2D eigenvalue weighted by molar-refractivity contribution is 9.10. The molecule has 0 saturated heterocycles. The van der Waals surface area contributed by atoms with Gasteiger partial charge in [-0.2, -0.15) is 8.78 Å². The average Bonchev–Trinajstić information content (AvgIpc) is 2.10. The van der Waals surface area contributed by atoms with Gasteiger partial charge in [-0.05, 0) is 18.2 Å². The number of phenolic OH excluding ortho intramolecular Hbond substituents is 1. The number of carbonyl (C=O) groups is 1. The third-order valence-electron chi connectivity index (χ3n) is 1.77. The molecule has 3 nitrogen and oxygen atoms in total. The van der Waals surface area contributed by atoms with Gasteiger partial charge in [0.05, 0.1) is 6.42 Å². The second-order valence-electron chi connectivity index (χ2n) is 2.96. The van der Waals surface area contributed by atoms with Gasteiger partial charge >= 0.3 is 11.9 Å². The van der Waals surface area contributed by atoms with Gasteiger partial charge in [-0.25, -0.2) is 4.79 Å². The highest BCUT2D eigenvalue weighted by Crippen LogP contribution is 2.28. The van der Waals surface area contributed by atoms with Crippen LogP contribution in [0.4, 0.5) is 8.78 Å². The van der Waals surface area contributed by atoms with Gasteiger partial charge in [0.1, 0.15) is 5.75 Å². The minimum absolute atomic E-state index is 0.114. The molecular formula is C9H7BrF2O3. The Hall–Kier alpha value is -1.17. The first-order chi connectivity index (χ1) is 6.83. The van der Waals surface area contributed by atoms with Crippen LogP contribution in [-0.4, -0.2) is 22.1 Å². The lowest BCUT2D eigenvalue weighted by Gasteiger charge is -2.12. The summed E-state index contributed by atoms with van der Waals surface area (Å²) in [6.07, 6.45) is -1.03. The maximum absolute atomic E-state index is 12.8. The van der Waals surface area contributed by atoms with Gasteiger partial charge in [-0.15, -0.1) is 0 Å². The molecule has 15 heavy (non-hydrogen) atoms. The summed E-state index contributed by atoms with van der Waals surface area (Å²) in [6.45, 7) is 0. The fraction of sp³-hybridized carbons (Fsp3) is 0.222. The minimum atomic E-state index is -3.88. The van der Waals surface area contributed by atoms with Gasteiger partial charge in [0.15, 0.2) is 0 Å². The van der Waals surface area contributed by atoms with Gasteiger partial charge < -0.3 is 10.2 Å². The third-order valence-corrected chi connectivity index (χ3v) is 2.26. The molecular weight excluding hydrogens is 274 g/mol. The molecule has 2 N–H and O–H groups in total. The maximum atomic E-state index is 12.8. The van der Waals surface area contributed by atoms with Crippen LogP contribution in [0.1, 0.15) is 5.56 Å². The van der Waals surface area contributed by atoms with Crippen molar-refractivity contribution in [2.75, 3.05) is 0 Å². The molecule has 6 heteroatoms. The van der Waals surface area contributed by atoms with Crippen molar-refractivity contribution in [2.24, 2.45) is 0 Å². The lowest BCUT2D eigenvalue weighted by Crippen LogP contribution is -2.30. The van der Waals surface area contributed by atoms with E-state index in [-0.39, 0.29) is 11.3 Å². The van der Waals surface area contributed by atoms with Crippen molar-refractivity contribution < 1.29 is 23.8 Å². The molecule has 0 radical (unpaired) electrons. The fourth-order valence-corrected chi connectivity index (χ4v) is 1.42. The molecule has 0 aromatic heterocycles. The molecule has 1 aromatic rings. The van der Waals surface area contributed by atoms with Crippen molar-refractivity contribution in [3.8, 4) is 5.75 Å². The monoisotopic (exact) mass is 280 g/mol. The summed E-state index contributed by atoms with van der Waals surface area (Å²) in [7, 11) is 0. The quantitative estimate of drug-likeness (QED) is 0.894. The number of rotatable bonds is 3. The van der Waals surface area contributed by atoms with Crippen molar-refractivity contribution in [3.63, 3.8) is 0 Å². The highest BCUT2D eigenvalue weighted by atomic mass is 79.9. The number of carboxylic acids is 1. The van der Waals surface area contributed by atoms with Gasteiger partial charge in [0.25, 0.3) is 0 Å². The molecule has 0 heterocycles. The summed E-state index contributed by atoms with van der Waals surface area (Å²) in [4.78, 5) is 10.2. The Morgan fingerprint density at radius 3 is 2.60 bits per heavy atom. The predicted octanol–water partition coefficient (Wildman–Crippen LogP) is 2.42. The Kier molecular flexibility index (Phi) is 3.28. The number of hydrogen-bond donors (Lipinski definition) is 2. The number of carboxylic acid groups (broad SMARTS) is 1. The van der Waals surface area contributed by atoms with E-state index in [1.165, 1.54) is 18.2 Å². The lowest BCUT2D eigenvalue weighted by molar-refractivity contribution is -0.164. The van der Waals surface area contributed by atoms with E-state index in [4.69, 9.17) is 5.11 Å². The van der Waals surface area contributed by atoms with E-state index in [0.717, 1.165) is 0 Å². The normalized spacial score (nSPS) is 11.4. The number of aliphatic carboxylic acids is 1. The van der Waals surface area contributed by atoms with Crippen LogP contribution >= 0.6 is 15.9 Å². The number of phenols is 1. The lowest BCUT2D eigenvalue weighted by atomic mass is 10.1. The van der Waals surface area contributed by atoms with Crippen LogP contribution in [-0.2, 0) is 11.2 Å². The highest BCUT2D eigenvalue weighted by Gasteiger charge is 2.39. The Labute approximate surface area is 92.5 Å². The molecule has 0 fully saturated rings. The van der Waals surface area contributed by atoms with Crippen molar-refractivity contribution in [1.82, 2.24) is 0 Å². The van der Waals surface area contributed by atoms with E-state index in [9.17, 15) is 18.7 Å². The van der Waals surface area contributed by atoms with Crippen LogP contribution in [0, 0.1) is 0 Å². The summed E-state index contributed by atoms with van der Waals surface area (Å²) < 4.78 is 26.1. The van der Waals surface area contributed by atoms with E-state index in [2.05, 4.69) is 15.9 Å². The fourth-order valence-electron chi connectivity index (χ4n) is 1.01. The molecule has 0 aliphatic heterocycles. The van der Waals surface area contributed by atoms with E-state index in [0.29, 0.717) is 4.47 Å². The van der Waals surface area contributed by atoms with Gasteiger partial charge in [-0.3, -0.25) is 0 Å². The molecule has 82 valence electrons. The molecule has 0 atom stereocenters. The van der Waals surface area contributed by atoms with Crippen LogP contribution in [0.25, 0.3) is 0 Å². The van der Waals surface area contributed by atoms with Crippen molar-refractivity contribution in [2.45, 2.75) is 12.3 Å². The van der Waals surface area contributed by atoms with E-state index in [1.807, 2.05) is 0 Å². The zero-order chi connectivity index (χ0) is 11.6. The van der Waals surface area contributed by atoms with E-state index >= 15 is 0 Å². The van der Waals surface area contributed by atoms with Gasteiger partial charge in [-0.1, -0.05) is 15.9 Å². The zero-order valence-corrected chi connectivity index (χ0v) is 8.96. The molecule has 0 spiro atoms. The third kappa shape index (κ3) is 2.89. The molecule has 0 aliphatic carbocycles. The topological polar surface area (TPSA) is 57.5 Å². The SMILES string of the molecule is O=C(O)C(F)(F)Cc1cc(Br)ccc1O. The molecule has 0 saturated carbocycles. The Balaban J connectivity index is 2.99. The van der Waals surface area contributed by atoms with E-state index in [1.54, 1.807) is 0 Å². The summed E-state index contributed by atoms with van der Waals surface area (Å²) in [5.41, 5.74) is -0.114. The van der Waals surface area contributed by atoms with Crippen molar-refractivity contribution in [3.05, 3.63) is 28.2 Å². The molecule has 1 aromatic carbocycles. The molecule has 1 rings (SSSR count). The molecule has 0 bridgehead atoms. The van der Waals surface area contributed by atoms with Gasteiger partial charge in [0, 0.05) is 10.0 Å². The second-order valence-corrected chi connectivity index (χ2v) is 3.88. The summed E-state index contributed by atoms with van der Waals surface area (Å²) in [5, 5.41) is 17.5. The average molecular weight is 281 g/mol.